The van der Waals surface area contributed by atoms with Crippen LogP contribution in [0.1, 0.15) is 27.8 Å². The third kappa shape index (κ3) is 3.84. The highest BCUT2D eigenvalue weighted by molar-refractivity contribution is 6.34. The van der Waals surface area contributed by atoms with E-state index in [1.165, 1.54) is 11.1 Å². The second-order valence-electron chi connectivity index (χ2n) is 8.60. The molecule has 4 aromatic rings. The zero-order valence-electron chi connectivity index (χ0n) is 17.9. The molecule has 1 N–H and O–H groups in total. The van der Waals surface area contributed by atoms with Crippen molar-refractivity contribution in [3.8, 4) is 11.1 Å². The first-order chi connectivity index (χ1) is 16.0. The normalized spacial score (nSPS) is 13.4. The fourth-order valence-corrected chi connectivity index (χ4v) is 6.04. The van der Waals surface area contributed by atoms with Gasteiger partial charge in [-0.3, -0.25) is 4.79 Å². The molecule has 0 bridgehead atoms. The summed E-state index contributed by atoms with van der Waals surface area (Å²) in [6.45, 7) is 0. The number of carboxylic acids is 1. The number of halogens is 2. The number of carbonyl (C=O) groups is 1. The topological polar surface area (TPSA) is 37.3 Å². The van der Waals surface area contributed by atoms with E-state index in [1.54, 1.807) is 0 Å². The Morgan fingerprint density at radius 3 is 1.85 bits per heavy atom. The largest absolute Gasteiger partial charge is 0.481 e. The number of fused-ring (bicyclic) bond motifs is 3. The van der Waals surface area contributed by atoms with Crippen molar-refractivity contribution in [1.82, 2.24) is 0 Å². The zero-order chi connectivity index (χ0) is 23.0. The molecule has 4 aromatic carbocycles. The lowest BCUT2D eigenvalue weighted by molar-refractivity contribution is -0.136. The molecule has 0 heterocycles. The highest BCUT2D eigenvalue weighted by Crippen LogP contribution is 2.57. The molecule has 33 heavy (non-hydrogen) atoms. The van der Waals surface area contributed by atoms with Crippen LogP contribution in [0.15, 0.2) is 91.0 Å². The highest BCUT2D eigenvalue weighted by Gasteiger charge is 2.46. The van der Waals surface area contributed by atoms with Gasteiger partial charge in [0.25, 0.3) is 0 Å². The molecule has 0 amide bonds. The maximum Gasteiger partial charge on any atom is 0.307 e. The van der Waals surface area contributed by atoms with Crippen molar-refractivity contribution in [2.75, 3.05) is 0 Å². The molecular weight excluding hydrogens is 451 g/mol. The summed E-state index contributed by atoms with van der Waals surface area (Å²) >= 11 is 14.0. The molecule has 0 unspecified atom stereocenters. The molecule has 0 aromatic heterocycles. The number of aliphatic carboxylic acids is 1. The SMILES string of the molecule is O=C(O)Cc1ccc2c(c1Cl)C(Cc1ccccc1)(Cc1ccccc1)c1c(Cl)cccc1-2. The Kier molecular flexibility index (Phi) is 5.74. The van der Waals surface area contributed by atoms with Gasteiger partial charge in [0, 0.05) is 15.5 Å². The van der Waals surface area contributed by atoms with Gasteiger partial charge in [-0.15, -0.1) is 0 Å². The molecule has 0 radical (unpaired) electrons. The molecule has 0 saturated heterocycles. The van der Waals surface area contributed by atoms with Crippen LogP contribution >= 0.6 is 23.2 Å². The summed E-state index contributed by atoms with van der Waals surface area (Å²) in [6, 6.07) is 30.5. The van der Waals surface area contributed by atoms with E-state index in [1.807, 2.05) is 60.7 Å². The predicted molar refractivity (Wildman–Crippen MR) is 134 cm³/mol. The van der Waals surface area contributed by atoms with Crippen LogP contribution in [0, 0.1) is 0 Å². The molecule has 1 aliphatic rings. The number of hydrogen-bond acceptors (Lipinski definition) is 1. The summed E-state index contributed by atoms with van der Waals surface area (Å²) in [4.78, 5) is 11.6. The summed E-state index contributed by atoms with van der Waals surface area (Å²) < 4.78 is 0. The lowest BCUT2D eigenvalue weighted by Gasteiger charge is -2.34. The van der Waals surface area contributed by atoms with Gasteiger partial charge in [-0.2, -0.15) is 0 Å². The molecule has 164 valence electrons. The minimum atomic E-state index is -0.901. The van der Waals surface area contributed by atoms with Crippen molar-refractivity contribution in [3.63, 3.8) is 0 Å². The lowest BCUT2D eigenvalue weighted by Crippen LogP contribution is -2.32. The number of benzene rings is 4. The molecule has 0 saturated carbocycles. The number of rotatable bonds is 6. The lowest BCUT2D eigenvalue weighted by atomic mass is 9.69. The quantitative estimate of drug-likeness (QED) is 0.317. The maximum absolute atomic E-state index is 11.6. The zero-order valence-corrected chi connectivity index (χ0v) is 19.4. The van der Waals surface area contributed by atoms with Gasteiger partial charge in [0.05, 0.1) is 6.42 Å². The molecule has 0 atom stereocenters. The molecule has 2 nitrogen and oxygen atoms in total. The predicted octanol–water partition coefficient (Wildman–Crippen LogP) is 7.37. The van der Waals surface area contributed by atoms with Crippen molar-refractivity contribution in [2.24, 2.45) is 0 Å². The second-order valence-corrected chi connectivity index (χ2v) is 9.39. The van der Waals surface area contributed by atoms with E-state index in [-0.39, 0.29) is 6.42 Å². The van der Waals surface area contributed by atoms with Crippen molar-refractivity contribution in [2.45, 2.75) is 24.7 Å². The van der Waals surface area contributed by atoms with E-state index in [0.717, 1.165) is 22.3 Å². The van der Waals surface area contributed by atoms with Crippen LogP contribution < -0.4 is 0 Å². The maximum atomic E-state index is 11.6. The second kappa shape index (κ2) is 8.70. The van der Waals surface area contributed by atoms with Crippen LogP contribution in [0.2, 0.25) is 10.0 Å². The molecule has 0 aliphatic heterocycles. The Balaban J connectivity index is 1.83. The number of hydrogen-bond donors (Lipinski definition) is 1. The molecular formula is C29H22Cl2O2. The van der Waals surface area contributed by atoms with Crippen molar-refractivity contribution in [3.05, 3.63) is 129 Å². The smallest absolute Gasteiger partial charge is 0.307 e. The Bertz CT molecular complexity index is 1290. The van der Waals surface area contributed by atoms with Crippen LogP contribution in [0.3, 0.4) is 0 Å². The van der Waals surface area contributed by atoms with Gasteiger partial charge in [0.2, 0.25) is 0 Å². The van der Waals surface area contributed by atoms with Crippen molar-refractivity contribution in [1.29, 1.82) is 0 Å². The van der Waals surface area contributed by atoms with Gasteiger partial charge >= 0.3 is 5.97 Å². The van der Waals surface area contributed by atoms with E-state index < -0.39 is 11.4 Å². The van der Waals surface area contributed by atoms with E-state index in [9.17, 15) is 9.90 Å². The van der Waals surface area contributed by atoms with Gasteiger partial charge in [-0.05, 0) is 57.9 Å². The summed E-state index contributed by atoms with van der Waals surface area (Å²) in [6.07, 6.45) is 1.27. The summed E-state index contributed by atoms with van der Waals surface area (Å²) in [5, 5.41) is 10.7. The monoisotopic (exact) mass is 472 g/mol. The first kappa shape index (κ1) is 21.8. The van der Waals surface area contributed by atoms with E-state index in [2.05, 4.69) is 30.3 Å². The highest BCUT2D eigenvalue weighted by atomic mass is 35.5. The number of carboxylic acid groups (broad SMARTS) is 1. The van der Waals surface area contributed by atoms with Gasteiger partial charge in [0.15, 0.2) is 0 Å². The minimum Gasteiger partial charge on any atom is -0.481 e. The first-order valence-electron chi connectivity index (χ1n) is 10.9. The fourth-order valence-electron chi connectivity index (χ4n) is 5.28. The van der Waals surface area contributed by atoms with Crippen molar-refractivity contribution < 1.29 is 9.90 Å². The Morgan fingerprint density at radius 1 is 0.697 bits per heavy atom. The molecule has 5 rings (SSSR count). The summed E-state index contributed by atoms with van der Waals surface area (Å²) in [5.74, 6) is -0.901. The molecule has 1 aliphatic carbocycles. The van der Waals surface area contributed by atoms with E-state index in [0.29, 0.717) is 28.5 Å². The fraction of sp³-hybridized carbons (Fsp3) is 0.138. The van der Waals surface area contributed by atoms with Gasteiger partial charge in [-0.1, -0.05) is 108 Å². The summed E-state index contributed by atoms with van der Waals surface area (Å²) in [7, 11) is 0. The molecule has 4 heteroatoms. The van der Waals surface area contributed by atoms with E-state index in [4.69, 9.17) is 23.2 Å². The third-order valence-electron chi connectivity index (χ3n) is 6.52. The van der Waals surface area contributed by atoms with E-state index >= 15 is 0 Å². The molecule has 0 spiro atoms. The van der Waals surface area contributed by atoms with Crippen LogP contribution in [0.4, 0.5) is 0 Å². The van der Waals surface area contributed by atoms with Crippen LogP contribution in [-0.2, 0) is 29.5 Å². The van der Waals surface area contributed by atoms with Gasteiger partial charge < -0.3 is 5.11 Å². The van der Waals surface area contributed by atoms with Gasteiger partial charge in [-0.25, -0.2) is 0 Å². The molecule has 0 fully saturated rings. The van der Waals surface area contributed by atoms with Crippen LogP contribution in [0.5, 0.6) is 0 Å². The van der Waals surface area contributed by atoms with Crippen LogP contribution in [0.25, 0.3) is 11.1 Å². The Hall–Kier alpha value is -3.07. The average molecular weight is 473 g/mol. The standard InChI is InChI=1S/C29H22Cl2O2/c30-24-13-7-12-22-23-15-14-21(16-25(32)33)28(31)27(23)29(26(22)24,17-19-8-3-1-4-9-19)18-20-10-5-2-6-11-20/h1-15H,16-18H2,(H,32,33). The Labute approximate surface area is 203 Å². The third-order valence-corrected chi connectivity index (χ3v) is 7.27. The summed E-state index contributed by atoms with van der Waals surface area (Å²) in [5.41, 5.74) is 6.56. The van der Waals surface area contributed by atoms with Gasteiger partial charge in [0.1, 0.15) is 0 Å². The first-order valence-corrected chi connectivity index (χ1v) is 11.7. The van der Waals surface area contributed by atoms with Crippen molar-refractivity contribution >= 4 is 29.2 Å². The average Bonchev–Trinajstić information content (AvgIpc) is 3.08. The van der Waals surface area contributed by atoms with Crippen LogP contribution in [-0.4, -0.2) is 11.1 Å². The Morgan fingerprint density at radius 2 is 1.27 bits per heavy atom. The minimum absolute atomic E-state index is 0.122.